The molecule has 2 unspecified atom stereocenters. The van der Waals surface area contributed by atoms with Crippen LogP contribution in [0.1, 0.15) is 54.9 Å². The first-order valence-electron chi connectivity index (χ1n) is 9.14. The number of hydrogen-bond acceptors (Lipinski definition) is 4. The number of ether oxygens (including phenoxy) is 1. The number of carboxylic acids is 1. The fourth-order valence-electron chi connectivity index (χ4n) is 3.97. The smallest absolute Gasteiger partial charge is 0.304 e. The molecule has 2 aliphatic rings. The maximum absolute atomic E-state index is 12.8. The predicted octanol–water partition coefficient (Wildman–Crippen LogP) is 3.20. The van der Waals surface area contributed by atoms with Gasteiger partial charge in [-0.3, -0.25) is 14.4 Å². The number of amides is 1. The van der Waals surface area contributed by atoms with Crippen LogP contribution in [-0.2, 0) is 9.59 Å². The second-order valence-electron chi connectivity index (χ2n) is 7.48. The SMILES string of the molecule is Cc1cc2c(cc1C(=O)C(C)CC(=O)O)N(C)C(=O)C(C1CCCC1)O2. The summed E-state index contributed by atoms with van der Waals surface area (Å²) in [4.78, 5) is 37.9. The Hall–Kier alpha value is -2.37. The number of aryl methyl sites for hydroxylation is 1. The maximum Gasteiger partial charge on any atom is 0.304 e. The van der Waals surface area contributed by atoms with Crippen LogP contribution in [0, 0.1) is 18.8 Å². The molecule has 3 rings (SSSR count). The highest BCUT2D eigenvalue weighted by Gasteiger charge is 2.39. The summed E-state index contributed by atoms with van der Waals surface area (Å²) in [5.41, 5.74) is 1.75. The summed E-state index contributed by atoms with van der Waals surface area (Å²) in [6, 6.07) is 3.45. The van der Waals surface area contributed by atoms with Crippen LogP contribution in [-0.4, -0.2) is 35.9 Å². The number of benzene rings is 1. The number of fused-ring (bicyclic) bond motifs is 1. The number of nitrogens with zero attached hydrogens (tertiary/aromatic N) is 1. The van der Waals surface area contributed by atoms with E-state index in [2.05, 4.69) is 0 Å². The predicted molar refractivity (Wildman–Crippen MR) is 96.7 cm³/mol. The summed E-state index contributed by atoms with van der Waals surface area (Å²) in [6.45, 7) is 3.42. The number of aliphatic carboxylic acids is 1. The first-order valence-corrected chi connectivity index (χ1v) is 9.14. The molecule has 1 heterocycles. The molecule has 1 saturated carbocycles. The van der Waals surface area contributed by atoms with Crippen LogP contribution in [0.25, 0.3) is 0 Å². The molecule has 6 nitrogen and oxygen atoms in total. The third-order valence-corrected chi connectivity index (χ3v) is 5.52. The lowest BCUT2D eigenvalue weighted by Gasteiger charge is -2.35. The van der Waals surface area contributed by atoms with Crippen molar-refractivity contribution in [2.24, 2.45) is 11.8 Å². The molecule has 0 spiro atoms. The van der Waals surface area contributed by atoms with Gasteiger partial charge in [-0.1, -0.05) is 19.8 Å². The minimum Gasteiger partial charge on any atom is -0.481 e. The van der Waals surface area contributed by atoms with Gasteiger partial charge in [0.1, 0.15) is 5.75 Å². The monoisotopic (exact) mass is 359 g/mol. The van der Waals surface area contributed by atoms with Crippen molar-refractivity contribution in [1.82, 2.24) is 0 Å². The zero-order chi connectivity index (χ0) is 19.0. The van der Waals surface area contributed by atoms with Crippen LogP contribution < -0.4 is 9.64 Å². The van der Waals surface area contributed by atoms with Crippen LogP contribution in [0.4, 0.5) is 5.69 Å². The summed E-state index contributed by atoms with van der Waals surface area (Å²) in [6.07, 6.45) is 3.58. The zero-order valence-electron chi connectivity index (χ0n) is 15.4. The second kappa shape index (κ2) is 7.09. The van der Waals surface area contributed by atoms with Gasteiger partial charge in [-0.25, -0.2) is 0 Å². The molecule has 1 aromatic carbocycles. The molecule has 1 fully saturated rings. The van der Waals surface area contributed by atoms with E-state index in [1.54, 1.807) is 31.0 Å². The maximum atomic E-state index is 12.8. The molecule has 0 radical (unpaired) electrons. The molecule has 0 aromatic heterocycles. The van der Waals surface area contributed by atoms with E-state index in [-0.39, 0.29) is 24.0 Å². The lowest BCUT2D eigenvalue weighted by molar-refractivity contribution is -0.137. The van der Waals surface area contributed by atoms with Crippen molar-refractivity contribution in [3.05, 3.63) is 23.3 Å². The Bertz CT molecular complexity index is 751. The van der Waals surface area contributed by atoms with Crippen molar-refractivity contribution >= 4 is 23.3 Å². The molecule has 140 valence electrons. The van der Waals surface area contributed by atoms with Gasteiger partial charge in [0.25, 0.3) is 5.91 Å². The Kier molecular flexibility index (Phi) is 5.03. The molecular formula is C20H25NO5. The van der Waals surface area contributed by atoms with Gasteiger partial charge in [-0.2, -0.15) is 0 Å². The second-order valence-corrected chi connectivity index (χ2v) is 7.48. The molecule has 6 heteroatoms. The van der Waals surface area contributed by atoms with Gasteiger partial charge in [0.15, 0.2) is 11.9 Å². The number of Topliss-reactive ketones (excluding diaryl/α,β-unsaturated/α-hetero) is 1. The molecular weight excluding hydrogens is 334 g/mol. The number of anilines is 1. The summed E-state index contributed by atoms with van der Waals surface area (Å²) in [7, 11) is 1.70. The molecule has 1 aliphatic carbocycles. The van der Waals surface area contributed by atoms with Crippen molar-refractivity contribution in [3.63, 3.8) is 0 Å². The van der Waals surface area contributed by atoms with Crippen LogP contribution in [0.2, 0.25) is 0 Å². The molecule has 1 N–H and O–H groups in total. The number of ketones is 1. The van der Waals surface area contributed by atoms with Crippen molar-refractivity contribution in [3.8, 4) is 5.75 Å². The Labute approximate surface area is 153 Å². The van der Waals surface area contributed by atoms with E-state index >= 15 is 0 Å². The lowest BCUT2D eigenvalue weighted by atomic mass is 9.91. The van der Waals surface area contributed by atoms with Crippen molar-refractivity contribution in [2.45, 2.75) is 52.1 Å². The number of likely N-dealkylation sites (N-methyl/N-ethyl adjacent to an activating group) is 1. The molecule has 0 bridgehead atoms. The van der Waals surface area contributed by atoms with Gasteiger partial charge in [-0.15, -0.1) is 0 Å². The number of carbonyl (C=O) groups is 3. The van der Waals surface area contributed by atoms with Crippen LogP contribution in [0.15, 0.2) is 12.1 Å². The van der Waals surface area contributed by atoms with Crippen LogP contribution >= 0.6 is 0 Å². The van der Waals surface area contributed by atoms with Crippen LogP contribution in [0.5, 0.6) is 5.75 Å². The lowest BCUT2D eigenvalue weighted by Crippen LogP contribution is -2.47. The first-order chi connectivity index (χ1) is 12.3. The third kappa shape index (κ3) is 3.32. The van der Waals surface area contributed by atoms with Gasteiger partial charge in [0.2, 0.25) is 0 Å². The van der Waals surface area contributed by atoms with Gasteiger partial charge >= 0.3 is 5.97 Å². The molecule has 0 saturated heterocycles. The Morgan fingerprint density at radius 3 is 2.58 bits per heavy atom. The molecule has 1 amide bonds. The van der Waals surface area contributed by atoms with E-state index in [1.807, 2.05) is 6.92 Å². The molecule has 1 aliphatic heterocycles. The quantitative estimate of drug-likeness (QED) is 0.816. The normalized spacial score (nSPS) is 21.3. The summed E-state index contributed by atoms with van der Waals surface area (Å²) in [5, 5.41) is 8.93. The highest BCUT2D eigenvalue weighted by Crippen LogP contribution is 2.40. The summed E-state index contributed by atoms with van der Waals surface area (Å²) in [5.74, 6) is -1.08. The number of carboxylic acid groups (broad SMARTS) is 1. The van der Waals surface area contributed by atoms with E-state index in [9.17, 15) is 14.4 Å². The Morgan fingerprint density at radius 1 is 1.31 bits per heavy atom. The topological polar surface area (TPSA) is 83.9 Å². The molecule has 26 heavy (non-hydrogen) atoms. The average Bonchev–Trinajstić information content (AvgIpc) is 3.10. The largest absolute Gasteiger partial charge is 0.481 e. The zero-order valence-corrected chi connectivity index (χ0v) is 15.4. The average molecular weight is 359 g/mol. The highest BCUT2D eigenvalue weighted by molar-refractivity contribution is 6.05. The minimum absolute atomic E-state index is 0.0785. The van der Waals surface area contributed by atoms with Gasteiger partial charge in [-0.05, 0) is 37.5 Å². The van der Waals surface area contributed by atoms with E-state index in [0.29, 0.717) is 17.0 Å². The van der Waals surface area contributed by atoms with E-state index in [1.165, 1.54) is 0 Å². The standard InChI is InChI=1S/C20H25NO5/c1-11-8-16-15(10-14(11)18(24)12(2)9-17(22)23)21(3)20(25)19(26-16)13-6-4-5-7-13/h8,10,12-13,19H,4-7,9H2,1-3H3,(H,22,23). The number of hydrogen-bond donors (Lipinski definition) is 1. The fraction of sp³-hybridized carbons (Fsp3) is 0.550. The van der Waals surface area contributed by atoms with Crippen molar-refractivity contribution < 1.29 is 24.2 Å². The van der Waals surface area contributed by atoms with Crippen LogP contribution in [0.3, 0.4) is 0 Å². The van der Waals surface area contributed by atoms with Gasteiger partial charge in [0.05, 0.1) is 12.1 Å². The number of rotatable bonds is 5. The Morgan fingerprint density at radius 2 is 1.96 bits per heavy atom. The molecule has 2 atom stereocenters. The molecule has 1 aromatic rings. The van der Waals surface area contributed by atoms with Crippen molar-refractivity contribution in [1.29, 1.82) is 0 Å². The number of carbonyl (C=O) groups excluding carboxylic acids is 2. The van der Waals surface area contributed by atoms with E-state index in [4.69, 9.17) is 9.84 Å². The summed E-state index contributed by atoms with van der Waals surface area (Å²) >= 11 is 0. The van der Waals surface area contributed by atoms with Crippen molar-refractivity contribution in [2.75, 3.05) is 11.9 Å². The fourth-order valence-corrected chi connectivity index (χ4v) is 3.97. The van der Waals surface area contributed by atoms with E-state index < -0.39 is 18.0 Å². The minimum atomic E-state index is -1.00. The first kappa shape index (κ1) is 18.4. The summed E-state index contributed by atoms with van der Waals surface area (Å²) < 4.78 is 6.04. The van der Waals surface area contributed by atoms with Gasteiger partial charge < -0.3 is 14.7 Å². The third-order valence-electron chi connectivity index (χ3n) is 5.52. The Balaban J connectivity index is 1.91. The van der Waals surface area contributed by atoms with E-state index in [0.717, 1.165) is 31.2 Å². The van der Waals surface area contributed by atoms with Gasteiger partial charge in [0, 0.05) is 24.4 Å². The highest BCUT2D eigenvalue weighted by atomic mass is 16.5.